The highest BCUT2D eigenvalue weighted by Gasteiger charge is 2.54. The van der Waals surface area contributed by atoms with Crippen molar-refractivity contribution in [2.24, 2.45) is 23.2 Å². The Hall–Kier alpha value is -1.02. The maximum absolute atomic E-state index is 13.0. The van der Waals surface area contributed by atoms with Crippen LogP contribution in [0, 0.1) is 30.1 Å². The van der Waals surface area contributed by atoms with E-state index in [-0.39, 0.29) is 11.3 Å². The van der Waals surface area contributed by atoms with Gasteiger partial charge in [-0.1, -0.05) is 23.7 Å². The zero-order valence-electron chi connectivity index (χ0n) is 12.5. The molecule has 3 heteroatoms. The molecular formula is C18H22ClNO. The molecule has 1 aromatic carbocycles. The molecule has 0 spiro atoms. The first-order valence-corrected chi connectivity index (χ1v) is 8.50. The maximum atomic E-state index is 13.0. The third-order valence-electron chi connectivity index (χ3n) is 5.98. The molecule has 4 saturated carbocycles. The van der Waals surface area contributed by atoms with Crippen molar-refractivity contribution < 1.29 is 4.79 Å². The number of hydrogen-bond acceptors (Lipinski definition) is 1. The quantitative estimate of drug-likeness (QED) is 0.835. The average Bonchev–Trinajstić information content (AvgIpc) is 2.41. The number of nitrogens with one attached hydrogen (secondary N) is 1. The standard InChI is InChI=1S/C18H22ClNO/c1-11-3-2-4-15(19)16(11)20-17(21)18-8-12-5-13(9-18)7-14(6-12)10-18/h2-4,12-14H,5-10H2,1H3,(H,20,21). The largest absolute Gasteiger partial charge is 0.324 e. The highest BCUT2D eigenvalue weighted by molar-refractivity contribution is 6.34. The van der Waals surface area contributed by atoms with Crippen molar-refractivity contribution in [3.8, 4) is 0 Å². The summed E-state index contributed by atoms with van der Waals surface area (Å²) in [6.07, 6.45) is 7.35. The summed E-state index contributed by atoms with van der Waals surface area (Å²) in [4.78, 5) is 13.0. The lowest BCUT2D eigenvalue weighted by Gasteiger charge is -2.55. The predicted octanol–water partition coefficient (Wildman–Crippen LogP) is 4.80. The minimum atomic E-state index is -0.111. The van der Waals surface area contributed by atoms with Crippen molar-refractivity contribution in [3.05, 3.63) is 28.8 Å². The number of anilines is 1. The Balaban J connectivity index is 1.60. The summed E-state index contributed by atoms with van der Waals surface area (Å²) in [6.45, 7) is 2.00. The van der Waals surface area contributed by atoms with E-state index in [1.165, 1.54) is 19.3 Å². The summed E-state index contributed by atoms with van der Waals surface area (Å²) in [5.74, 6) is 2.58. The molecule has 1 amide bonds. The second-order valence-electron chi connectivity index (χ2n) is 7.58. The topological polar surface area (TPSA) is 29.1 Å². The van der Waals surface area contributed by atoms with E-state index in [2.05, 4.69) is 5.32 Å². The van der Waals surface area contributed by atoms with Crippen LogP contribution in [0.15, 0.2) is 18.2 Å². The van der Waals surface area contributed by atoms with Crippen LogP contribution in [0.5, 0.6) is 0 Å². The van der Waals surface area contributed by atoms with Gasteiger partial charge >= 0.3 is 0 Å². The highest BCUT2D eigenvalue weighted by Crippen LogP contribution is 2.60. The summed E-state index contributed by atoms with van der Waals surface area (Å²) in [6, 6.07) is 5.78. The Morgan fingerprint density at radius 3 is 2.24 bits per heavy atom. The van der Waals surface area contributed by atoms with Gasteiger partial charge in [-0.05, 0) is 74.8 Å². The number of carbonyl (C=O) groups excluding carboxylic acids is 1. The van der Waals surface area contributed by atoms with E-state index in [9.17, 15) is 4.79 Å². The van der Waals surface area contributed by atoms with Crippen molar-refractivity contribution in [3.63, 3.8) is 0 Å². The van der Waals surface area contributed by atoms with Gasteiger partial charge in [0, 0.05) is 0 Å². The summed E-state index contributed by atoms with van der Waals surface area (Å²) in [5, 5.41) is 3.81. The molecule has 1 N–H and O–H groups in total. The SMILES string of the molecule is Cc1cccc(Cl)c1NC(=O)C12CC3CC(CC(C3)C1)C2. The van der Waals surface area contributed by atoms with Crippen LogP contribution < -0.4 is 5.32 Å². The summed E-state index contributed by atoms with van der Waals surface area (Å²) >= 11 is 6.27. The normalized spacial score (nSPS) is 36.8. The molecule has 4 aliphatic rings. The lowest BCUT2D eigenvalue weighted by atomic mass is 9.49. The van der Waals surface area contributed by atoms with Crippen LogP contribution in [-0.4, -0.2) is 5.91 Å². The smallest absolute Gasteiger partial charge is 0.230 e. The summed E-state index contributed by atoms with van der Waals surface area (Å²) in [5.41, 5.74) is 1.74. The fourth-order valence-corrected chi connectivity index (χ4v) is 5.69. The molecular weight excluding hydrogens is 282 g/mol. The molecule has 0 unspecified atom stereocenters. The Morgan fingerprint density at radius 2 is 1.71 bits per heavy atom. The van der Waals surface area contributed by atoms with Crippen LogP contribution in [0.1, 0.15) is 44.1 Å². The third kappa shape index (κ3) is 2.19. The fraction of sp³-hybridized carbons (Fsp3) is 0.611. The average molecular weight is 304 g/mol. The van der Waals surface area contributed by atoms with Crippen LogP contribution in [0.25, 0.3) is 0 Å². The molecule has 0 atom stereocenters. The van der Waals surface area contributed by atoms with Gasteiger partial charge in [0.25, 0.3) is 0 Å². The molecule has 0 radical (unpaired) electrons. The third-order valence-corrected chi connectivity index (χ3v) is 6.30. The summed E-state index contributed by atoms with van der Waals surface area (Å²) < 4.78 is 0. The van der Waals surface area contributed by atoms with E-state index in [1.807, 2.05) is 25.1 Å². The van der Waals surface area contributed by atoms with Crippen molar-refractivity contribution in [1.82, 2.24) is 0 Å². The van der Waals surface area contributed by atoms with Crippen LogP contribution in [-0.2, 0) is 4.79 Å². The number of rotatable bonds is 2. The van der Waals surface area contributed by atoms with Crippen LogP contribution in [0.4, 0.5) is 5.69 Å². The summed E-state index contributed by atoms with van der Waals surface area (Å²) in [7, 11) is 0. The molecule has 5 rings (SSSR count). The monoisotopic (exact) mass is 303 g/mol. The van der Waals surface area contributed by atoms with Crippen LogP contribution in [0.2, 0.25) is 5.02 Å². The Morgan fingerprint density at radius 1 is 1.14 bits per heavy atom. The van der Waals surface area contributed by atoms with Crippen molar-refractivity contribution in [2.75, 3.05) is 5.32 Å². The Kier molecular flexibility index (Phi) is 3.08. The van der Waals surface area contributed by atoms with Gasteiger partial charge in [-0.3, -0.25) is 4.79 Å². The zero-order chi connectivity index (χ0) is 14.6. The molecule has 0 saturated heterocycles. The first-order valence-electron chi connectivity index (χ1n) is 8.12. The number of benzene rings is 1. The van der Waals surface area contributed by atoms with Gasteiger partial charge in [0.05, 0.1) is 16.1 Å². The minimum absolute atomic E-state index is 0.111. The molecule has 4 aliphatic carbocycles. The molecule has 2 nitrogen and oxygen atoms in total. The van der Waals surface area contributed by atoms with Crippen molar-refractivity contribution in [2.45, 2.75) is 45.4 Å². The van der Waals surface area contributed by atoms with Crippen LogP contribution >= 0.6 is 11.6 Å². The number of para-hydroxylation sites is 1. The Bertz CT molecular complexity index is 539. The van der Waals surface area contributed by atoms with Gasteiger partial charge in [-0.15, -0.1) is 0 Å². The molecule has 0 heterocycles. The van der Waals surface area contributed by atoms with Gasteiger partial charge in [0.1, 0.15) is 0 Å². The van der Waals surface area contributed by atoms with Crippen molar-refractivity contribution in [1.29, 1.82) is 0 Å². The van der Waals surface area contributed by atoms with Gasteiger partial charge in [-0.25, -0.2) is 0 Å². The number of halogens is 1. The number of carbonyl (C=O) groups is 1. The molecule has 21 heavy (non-hydrogen) atoms. The second-order valence-corrected chi connectivity index (χ2v) is 7.99. The van der Waals surface area contributed by atoms with Gasteiger partial charge in [-0.2, -0.15) is 0 Å². The first-order chi connectivity index (χ1) is 10.1. The molecule has 112 valence electrons. The van der Waals surface area contributed by atoms with Crippen molar-refractivity contribution >= 4 is 23.2 Å². The molecule has 4 bridgehead atoms. The van der Waals surface area contributed by atoms with Gasteiger partial charge in [0.2, 0.25) is 5.91 Å². The van der Waals surface area contributed by atoms with E-state index in [4.69, 9.17) is 11.6 Å². The maximum Gasteiger partial charge on any atom is 0.230 e. The van der Waals surface area contributed by atoms with E-state index in [0.717, 1.165) is 48.3 Å². The van der Waals surface area contributed by atoms with E-state index >= 15 is 0 Å². The first kappa shape index (κ1) is 13.6. The highest BCUT2D eigenvalue weighted by atomic mass is 35.5. The minimum Gasteiger partial charge on any atom is -0.324 e. The second kappa shape index (κ2) is 4.74. The van der Waals surface area contributed by atoms with E-state index < -0.39 is 0 Å². The number of hydrogen-bond donors (Lipinski definition) is 1. The number of amides is 1. The zero-order valence-corrected chi connectivity index (χ0v) is 13.2. The molecule has 4 fully saturated rings. The molecule has 0 aromatic heterocycles. The predicted molar refractivity (Wildman–Crippen MR) is 85.4 cm³/mol. The van der Waals surface area contributed by atoms with Crippen LogP contribution in [0.3, 0.4) is 0 Å². The molecule has 1 aromatic rings. The van der Waals surface area contributed by atoms with E-state index in [1.54, 1.807) is 0 Å². The van der Waals surface area contributed by atoms with Gasteiger partial charge in [0.15, 0.2) is 0 Å². The lowest BCUT2D eigenvalue weighted by molar-refractivity contribution is -0.140. The molecule has 0 aliphatic heterocycles. The number of aryl methyl sites for hydroxylation is 1. The van der Waals surface area contributed by atoms with Gasteiger partial charge < -0.3 is 5.32 Å². The lowest BCUT2D eigenvalue weighted by Crippen LogP contribution is -2.51. The van der Waals surface area contributed by atoms with E-state index in [0.29, 0.717) is 5.02 Å². The Labute approximate surface area is 131 Å². The fourth-order valence-electron chi connectivity index (χ4n) is 5.43.